The van der Waals surface area contributed by atoms with E-state index in [2.05, 4.69) is 9.39 Å². The fourth-order valence-corrected chi connectivity index (χ4v) is 2.01. The quantitative estimate of drug-likeness (QED) is 0.383. The van der Waals surface area contributed by atoms with Crippen LogP contribution in [0.4, 0.5) is 0 Å². The maximum Gasteiger partial charge on any atom is 0.295 e. The number of nitrogens with zero attached hydrogens (tertiary/aromatic N) is 3. The Morgan fingerprint density at radius 3 is 2.07 bits per heavy atom. The molecule has 6 heteroatoms. The van der Waals surface area contributed by atoms with Gasteiger partial charge in [-0.1, -0.05) is 0 Å². The monoisotopic (exact) mass is 219 g/mol. The molecule has 1 unspecified atom stereocenters. The number of ether oxygens (including phenoxy) is 1. The lowest BCUT2D eigenvalue weighted by atomic mass is 10.3. The Kier molecular flexibility index (Phi) is 3.52. The number of quaternary nitrogens is 1. The van der Waals surface area contributed by atoms with E-state index in [-0.39, 0.29) is 0 Å². The van der Waals surface area contributed by atoms with Crippen LogP contribution in [0.5, 0.6) is 0 Å². The van der Waals surface area contributed by atoms with E-state index >= 15 is 0 Å². The van der Waals surface area contributed by atoms with Gasteiger partial charge in [-0.05, 0) is 28.2 Å². The molecule has 82 valence electrons. The zero-order chi connectivity index (χ0) is 11.0. The van der Waals surface area contributed by atoms with Crippen LogP contribution in [0.15, 0.2) is 0 Å². The molecular weight excluding hydrogens is 201 g/mol. The first-order chi connectivity index (χ1) is 6.30. The minimum atomic E-state index is -0.637. The van der Waals surface area contributed by atoms with Crippen LogP contribution in [0.1, 0.15) is 0 Å². The summed E-state index contributed by atoms with van der Waals surface area (Å²) in [7, 11) is 11.7. The summed E-state index contributed by atoms with van der Waals surface area (Å²) >= 11 is 0. The zero-order valence-corrected chi connectivity index (χ0v) is 10.1. The molecule has 0 aromatic rings. The fourth-order valence-electron chi connectivity index (χ4n) is 1.74. The maximum absolute atomic E-state index is 11.8. The number of hydrogen-bond acceptors (Lipinski definition) is 4. The smallest absolute Gasteiger partial charge is 0.295 e. The zero-order valence-electron chi connectivity index (χ0n) is 9.23. The lowest BCUT2D eigenvalue weighted by Gasteiger charge is -2.53. The molecule has 0 aliphatic carbocycles. The van der Waals surface area contributed by atoms with Crippen molar-refractivity contribution in [3.8, 4) is 0 Å². The molecule has 14 heavy (non-hydrogen) atoms. The molecule has 1 rings (SSSR count). The number of hydrogen-bond donors (Lipinski definition) is 0. The summed E-state index contributed by atoms with van der Waals surface area (Å²) < 4.78 is 5.17. The van der Waals surface area contributed by atoms with Crippen molar-refractivity contribution in [3.63, 3.8) is 0 Å². The van der Waals surface area contributed by atoms with Gasteiger partial charge in [-0.3, -0.25) is 9.80 Å². The molecule has 1 fully saturated rings. The Morgan fingerprint density at radius 1 is 1.29 bits per heavy atom. The summed E-state index contributed by atoms with van der Waals surface area (Å²) in [4.78, 5) is 3.82. The van der Waals surface area contributed by atoms with E-state index in [0.29, 0.717) is 19.7 Å². The van der Waals surface area contributed by atoms with Gasteiger partial charge in [0.15, 0.2) is 0 Å². The van der Waals surface area contributed by atoms with Crippen LogP contribution in [0.2, 0.25) is 0 Å². The van der Waals surface area contributed by atoms with Gasteiger partial charge in [0.2, 0.25) is 5.85 Å². The van der Waals surface area contributed by atoms with Crippen molar-refractivity contribution in [1.29, 1.82) is 0 Å². The van der Waals surface area contributed by atoms with E-state index in [4.69, 9.17) is 4.74 Å². The van der Waals surface area contributed by atoms with Crippen molar-refractivity contribution in [3.05, 3.63) is 5.21 Å². The van der Waals surface area contributed by atoms with Crippen molar-refractivity contribution in [2.45, 2.75) is 5.85 Å². The summed E-state index contributed by atoms with van der Waals surface area (Å²) in [6, 6.07) is 0. The summed E-state index contributed by atoms with van der Waals surface area (Å²) in [5, 5.41) is 11.8. The van der Waals surface area contributed by atoms with Crippen LogP contribution in [0.25, 0.3) is 0 Å². The molecule has 1 atom stereocenters. The standard InChI is InChI=1S/C8H18N3O2P/c1-9(2)8(10(3)4)7-11(12,14)5-6-13-8/h5-7H2,1-4H3. The molecule has 0 aromatic heterocycles. The Balaban J connectivity index is 2.88. The molecule has 1 aliphatic heterocycles. The minimum Gasteiger partial charge on any atom is -0.631 e. The molecule has 2 radical (unpaired) electrons. The molecule has 5 nitrogen and oxygen atoms in total. The third kappa shape index (κ3) is 2.24. The van der Waals surface area contributed by atoms with Gasteiger partial charge in [0, 0.05) is 0 Å². The van der Waals surface area contributed by atoms with Crippen LogP contribution in [-0.2, 0) is 4.74 Å². The summed E-state index contributed by atoms with van der Waals surface area (Å²) in [5.41, 5.74) is 0. The highest BCUT2D eigenvalue weighted by Gasteiger charge is 2.45. The predicted octanol–water partition coefficient (Wildman–Crippen LogP) is 0.434. The van der Waals surface area contributed by atoms with E-state index in [1.165, 1.54) is 0 Å². The molecule has 0 aromatic carbocycles. The summed E-state index contributed by atoms with van der Waals surface area (Å²) in [5.74, 6) is -0.637. The third-order valence-electron chi connectivity index (χ3n) is 2.62. The van der Waals surface area contributed by atoms with Crippen LogP contribution >= 0.6 is 9.39 Å². The molecule has 1 aliphatic rings. The number of likely N-dealkylation sites (N-methyl/N-ethyl adjacent to an activating group) is 2. The van der Waals surface area contributed by atoms with Gasteiger partial charge in [-0.2, -0.15) is 0 Å². The van der Waals surface area contributed by atoms with Gasteiger partial charge < -0.3 is 14.4 Å². The molecule has 0 saturated carbocycles. The van der Waals surface area contributed by atoms with E-state index in [0.717, 1.165) is 0 Å². The molecule has 0 amide bonds. The molecule has 0 bridgehead atoms. The van der Waals surface area contributed by atoms with Crippen molar-refractivity contribution < 1.29 is 9.15 Å². The first-order valence-corrected chi connectivity index (χ1v) is 5.00. The van der Waals surface area contributed by atoms with E-state index in [9.17, 15) is 5.21 Å². The number of hydroxylamine groups is 2. The summed E-state index contributed by atoms with van der Waals surface area (Å²) in [6.45, 7) is 1.13. The van der Waals surface area contributed by atoms with E-state index in [1.54, 1.807) is 0 Å². The highest BCUT2D eigenvalue weighted by molar-refractivity contribution is 7.09. The third-order valence-corrected chi connectivity index (χ3v) is 2.97. The van der Waals surface area contributed by atoms with Crippen LogP contribution in [0, 0.1) is 5.21 Å². The van der Waals surface area contributed by atoms with Crippen molar-refractivity contribution in [2.24, 2.45) is 0 Å². The Morgan fingerprint density at radius 2 is 1.79 bits per heavy atom. The lowest BCUT2D eigenvalue weighted by molar-refractivity contribution is -0.777. The average Bonchev–Trinajstić information content (AvgIpc) is 2.01. The van der Waals surface area contributed by atoms with E-state index < -0.39 is 10.3 Å². The van der Waals surface area contributed by atoms with Gasteiger partial charge in [-0.25, -0.2) is 0 Å². The number of rotatable bonds is 2. The maximum atomic E-state index is 11.8. The molecule has 1 saturated heterocycles. The highest BCUT2D eigenvalue weighted by atomic mass is 31.0. The van der Waals surface area contributed by atoms with Gasteiger partial charge in [0.05, 0.1) is 0 Å². The molecule has 0 spiro atoms. The Hall–Kier alpha value is 0.230. The second kappa shape index (κ2) is 4.00. The van der Waals surface area contributed by atoms with Crippen LogP contribution in [-0.4, -0.2) is 68.0 Å². The average molecular weight is 219 g/mol. The molecule has 0 N–H and O–H groups in total. The lowest BCUT2D eigenvalue weighted by Crippen LogP contribution is -2.68. The minimum absolute atomic E-state index is 0.302. The number of morpholine rings is 1. The van der Waals surface area contributed by atoms with Crippen LogP contribution < -0.4 is 0 Å². The summed E-state index contributed by atoms with van der Waals surface area (Å²) in [6.07, 6.45) is 0. The normalized spacial score (nSPS) is 32.6. The van der Waals surface area contributed by atoms with Crippen molar-refractivity contribution >= 4 is 9.39 Å². The SMILES string of the molecule is CN(C)C1(N(C)C)C[N+]([O-])([P])CCO1. The second-order valence-corrected chi connectivity index (χ2v) is 4.84. The highest BCUT2D eigenvalue weighted by Crippen LogP contribution is 2.29. The molecular formula is C8H18N3O2P. The van der Waals surface area contributed by atoms with Crippen LogP contribution in [0.3, 0.4) is 0 Å². The Bertz CT molecular complexity index is 201. The fraction of sp³-hybridized carbons (Fsp3) is 1.00. The largest absolute Gasteiger partial charge is 0.631 e. The first-order valence-electron chi connectivity index (χ1n) is 4.60. The topological polar surface area (TPSA) is 38.8 Å². The predicted molar refractivity (Wildman–Crippen MR) is 56.3 cm³/mol. The molecule has 1 heterocycles. The van der Waals surface area contributed by atoms with Gasteiger partial charge in [0.25, 0.3) is 9.39 Å². The first kappa shape index (κ1) is 12.3. The van der Waals surface area contributed by atoms with Gasteiger partial charge >= 0.3 is 0 Å². The van der Waals surface area contributed by atoms with Gasteiger partial charge in [0.1, 0.15) is 19.7 Å². The van der Waals surface area contributed by atoms with Crippen molar-refractivity contribution in [2.75, 3.05) is 47.9 Å². The van der Waals surface area contributed by atoms with E-state index in [1.807, 2.05) is 38.0 Å². The Labute approximate surface area is 88.0 Å². The second-order valence-electron chi connectivity index (χ2n) is 4.11. The van der Waals surface area contributed by atoms with Crippen molar-refractivity contribution in [1.82, 2.24) is 9.80 Å². The van der Waals surface area contributed by atoms with Gasteiger partial charge in [-0.15, -0.1) is 0 Å².